The normalized spacial score (nSPS) is 10.0. The topological polar surface area (TPSA) is 71.2 Å². The zero-order valence-electron chi connectivity index (χ0n) is 14.3. The van der Waals surface area contributed by atoms with Crippen molar-refractivity contribution in [1.29, 1.82) is 0 Å². The van der Waals surface area contributed by atoms with Crippen LogP contribution in [0.3, 0.4) is 0 Å². The van der Waals surface area contributed by atoms with Gasteiger partial charge in [0.05, 0.1) is 12.1 Å². The Bertz CT molecular complexity index is 1010. The molecule has 0 bridgehead atoms. The van der Waals surface area contributed by atoms with E-state index in [-0.39, 0.29) is 13.2 Å². The van der Waals surface area contributed by atoms with E-state index in [0.29, 0.717) is 5.56 Å². The molecule has 0 aliphatic heterocycles. The van der Waals surface area contributed by atoms with Crippen LogP contribution in [-0.2, 0) is 4.79 Å². The number of hydrogen-bond donors (Lipinski definition) is 2. The van der Waals surface area contributed by atoms with Gasteiger partial charge in [-0.05, 0) is 24.6 Å². The predicted octanol–water partition coefficient (Wildman–Crippen LogP) is 2.86. The van der Waals surface area contributed by atoms with E-state index in [4.69, 9.17) is 4.74 Å². The summed E-state index contributed by atoms with van der Waals surface area (Å²) in [7, 11) is 0. The highest BCUT2D eigenvalue weighted by molar-refractivity contribution is 6.45. The Balaban J connectivity index is 1.50. The number of fused-ring (bicyclic) bond motifs is 1. The van der Waals surface area contributed by atoms with Gasteiger partial charge in [-0.25, -0.2) is 0 Å². The molecule has 2 N–H and O–H groups in total. The van der Waals surface area contributed by atoms with Crippen LogP contribution in [0.15, 0.2) is 54.7 Å². The number of aryl methyl sites for hydroxylation is 1. The van der Waals surface area contributed by atoms with Gasteiger partial charge in [0, 0.05) is 17.1 Å². The molecule has 0 atom stereocenters. The minimum Gasteiger partial charge on any atom is -0.481 e. The zero-order chi connectivity index (χ0) is 18.4. The molecule has 0 unspecified atom stereocenters. The first-order valence-corrected chi connectivity index (χ1v) is 8.19. The van der Waals surface area contributed by atoms with E-state index in [1.165, 1.54) is 0 Å². The third-order valence-corrected chi connectivity index (χ3v) is 3.90. The number of Topliss-reactive ketones (excluding diaryl/α,β-unsaturated/α-hetero) is 1. The van der Waals surface area contributed by atoms with Crippen LogP contribution < -0.4 is 10.1 Å². The molecule has 3 rings (SSSR count). The Kier molecular flexibility index (Phi) is 5.35. The first-order chi connectivity index (χ1) is 12.7. The number of aromatic nitrogens is 1. The predicted molar refractivity (Wildman–Crippen MR) is 100 cm³/mol. The average Bonchev–Trinajstić information content (AvgIpc) is 3.09. The second-order valence-corrected chi connectivity index (χ2v) is 5.67. The fraction of sp³-hybridized carbons (Fsp3) is 0.143. The molecule has 5 nitrogen and oxygen atoms in total. The highest BCUT2D eigenvalue weighted by Gasteiger charge is 2.18. The van der Waals surface area contributed by atoms with Crippen molar-refractivity contribution in [3.05, 3.63) is 65.9 Å². The van der Waals surface area contributed by atoms with Gasteiger partial charge in [0.25, 0.3) is 11.7 Å². The van der Waals surface area contributed by atoms with Crippen LogP contribution in [-0.4, -0.2) is 29.8 Å². The summed E-state index contributed by atoms with van der Waals surface area (Å²) >= 11 is 0. The molecule has 130 valence electrons. The number of ether oxygens (including phenoxy) is 1. The fourth-order valence-corrected chi connectivity index (χ4v) is 2.53. The maximum absolute atomic E-state index is 12.3. The lowest BCUT2D eigenvalue weighted by Gasteiger charge is -2.04. The average molecular weight is 346 g/mol. The SMILES string of the molecule is Cc1ccccc1OCC#CCNC(=O)C(=O)c1c[nH]c2ccccc12. The van der Waals surface area contributed by atoms with Gasteiger partial charge >= 0.3 is 0 Å². The van der Waals surface area contributed by atoms with Gasteiger partial charge in [-0.2, -0.15) is 0 Å². The molecule has 0 aliphatic rings. The summed E-state index contributed by atoms with van der Waals surface area (Å²) in [6.45, 7) is 2.26. The monoisotopic (exact) mass is 346 g/mol. The molecular formula is C21H18N2O3. The number of carbonyl (C=O) groups excluding carboxylic acids is 2. The Morgan fingerprint density at radius 1 is 1.08 bits per heavy atom. The van der Waals surface area contributed by atoms with Crippen LogP contribution in [0.1, 0.15) is 15.9 Å². The summed E-state index contributed by atoms with van der Waals surface area (Å²) in [5, 5.41) is 3.24. The third-order valence-electron chi connectivity index (χ3n) is 3.90. The van der Waals surface area contributed by atoms with Gasteiger partial charge in [-0.15, -0.1) is 0 Å². The fourth-order valence-electron chi connectivity index (χ4n) is 2.53. The van der Waals surface area contributed by atoms with Crippen molar-refractivity contribution in [3.8, 4) is 17.6 Å². The van der Waals surface area contributed by atoms with Crippen LogP contribution >= 0.6 is 0 Å². The van der Waals surface area contributed by atoms with Crippen molar-refractivity contribution in [2.75, 3.05) is 13.2 Å². The third kappa shape index (κ3) is 3.93. The molecule has 2 aromatic carbocycles. The summed E-state index contributed by atoms with van der Waals surface area (Å²) < 4.78 is 5.54. The van der Waals surface area contributed by atoms with E-state index in [1.54, 1.807) is 12.3 Å². The summed E-state index contributed by atoms with van der Waals surface area (Å²) in [6.07, 6.45) is 1.55. The number of nitrogens with one attached hydrogen (secondary N) is 2. The Hall–Kier alpha value is -3.52. The zero-order valence-corrected chi connectivity index (χ0v) is 14.3. The molecule has 3 aromatic rings. The minimum atomic E-state index is -0.677. The molecule has 0 saturated heterocycles. The van der Waals surface area contributed by atoms with Gasteiger partial charge < -0.3 is 15.0 Å². The van der Waals surface area contributed by atoms with E-state index in [1.807, 2.05) is 49.4 Å². The van der Waals surface area contributed by atoms with E-state index < -0.39 is 11.7 Å². The molecular weight excluding hydrogens is 328 g/mol. The first kappa shape index (κ1) is 17.3. The quantitative estimate of drug-likeness (QED) is 0.424. The van der Waals surface area contributed by atoms with Crippen molar-refractivity contribution >= 4 is 22.6 Å². The largest absolute Gasteiger partial charge is 0.481 e. The summed E-state index contributed by atoms with van der Waals surface area (Å²) in [4.78, 5) is 27.3. The number of aromatic amines is 1. The van der Waals surface area contributed by atoms with Gasteiger partial charge in [-0.1, -0.05) is 48.2 Å². The number of carbonyl (C=O) groups is 2. The van der Waals surface area contributed by atoms with Crippen LogP contribution in [0, 0.1) is 18.8 Å². The molecule has 0 fully saturated rings. The second-order valence-electron chi connectivity index (χ2n) is 5.67. The summed E-state index contributed by atoms with van der Waals surface area (Å²) in [6, 6.07) is 15.0. The van der Waals surface area contributed by atoms with Crippen molar-refractivity contribution in [1.82, 2.24) is 10.3 Å². The number of rotatable bonds is 5. The van der Waals surface area contributed by atoms with Crippen molar-refractivity contribution in [2.45, 2.75) is 6.92 Å². The van der Waals surface area contributed by atoms with Gasteiger partial charge in [0.1, 0.15) is 12.4 Å². The molecule has 0 radical (unpaired) electrons. The first-order valence-electron chi connectivity index (χ1n) is 8.19. The van der Waals surface area contributed by atoms with E-state index in [9.17, 15) is 9.59 Å². The van der Waals surface area contributed by atoms with E-state index in [0.717, 1.165) is 22.2 Å². The number of ketones is 1. The Labute approximate surface area is 151 Å². The van der Waals surface area contributed by atoms with Crippen molar-refractivity contribution < 1.29 is 14.3 Å². The molecule has 0 spiro atoms. The van der Waals surface area contributed by atoms with Crippen LogP contribution in [0.4, 0.5) is 0 Å². The minimum absolute atomic E-state index is 0.0874. The summed E-state index contributed by atoms with van der Waals surface area (Å²) in [5.41, 5.74) is 2.21. The standard InChI is InChI=1S/C21H18N2O3/c1-15-8-2-5-11-19(15)26-13-7-6-12-22-21(25)20(24)17-14-23-18-10-4-3-9-16(17)18/h2-5,8-11,14,23H,12-13H2,1H3,(H,22,25). The molecule has 5 heteroatoms. The van der Waals surface area contributed by atoms with Crippen molar-refractivity contribution in [2.24, 2.45) is 0 Å². The number of benzene rings is 2. The molecule has 0 saturated carbocycles. The Morgan fingerprint density at radius 2 is 1.85 bits per heavy atom. The maximum Gasteiger partial charge on any atom is 0.293 e. The highest BCUT2D eigenvalue weighted by Crippen LogP contribution is 2.18. The maximum atomic E-state index is 12.3. The Morgan fingerprint density at radius 3 is 2.69 bits per heavy atom. The summed E-state index contributed by atoms with van der Waals surface area (Å²) in [5.74, 6) is 5.11. The van der Waals surface area contributed by atoms with Crippen molar-refractivity contribution in [3.63, 3.8) is 0 Å². The van der Waals surface area contributed by atoms with E-state index in [2.05, 4.69) is 22.1 Å². The smallest absolute Gasteiger partial charge is 0.293 e. The molecule has 1 aromatic heterocycles. The lowest BCUT2D eigenvalue weighted by Crippen LogP contribution is -2.31. The van der Waals surface area contributed by atoms with Crippen LogP contribution in [0.5, 0.6) is 5.75 Å². The lowest BCUT2D eigenvalue weighted by molar-refractivity contribution is -0.116. The van der Waals surface area contributed by atoms with Crippen LogP contribution in [0.25, 0.3) is 10.9 Å². The lowest BCUT2D eigenvalue weighted by atomic mass is 10.1. The number of H-pyrrole nitrogens is 1. The highest BCUT2D eigenvalue weighted by atomic mass is 16.5. The van der Waals surface area contributed by atoms with Gasteiger partial charge in [-0.3, -0.25) is 9.59 Å². The number of amides is 1. The number of para-hydroxylation sites is 2. The molecule has 1 heterocycles. The second kappa shape index (κ2) is 8.04. The van der Waals surface area contributed by atoms with Gasteiger partial charge in [0.15, 0.2) is 0 Å². The van der Waals surface area contributed by atoms with E-state index >= 15 is 0 Å². The molecule has 1 amide bonds. The molecule has 0 aliphatic carbocycles. The molecule has 26 heavy (non-hydrogen) atoms. The van der Waals surface area contributed by atoms with Crippen LogP contribution in [0.2, 0.25) is 0 Å². The number of hydrogen-bond acceptors (Lipinski definition) is 3. The van der Waals surface area contributed by atoms with Gasteiger partial charge in [0.2, 0.25) is 0 Å².